The van der Waals surface area contributed by atoms with Crippen LogP contribution in [-0.4, -0.2) is 23.6 Å². The molecule has 0 aliphatic carbocycles. The Morgan fingerprint density at radius 2 is 2.40 bits per heavy atom. The topological polar surface area (TPSA) is 67.3 Å². The van der Waals surface area contributed by atoms with E-state index in [2.05, 4.69) is 15.3 Å². The highest BCUT2D eigenvalue weighted by atomic mass is 16.3. The lowest BCUT2D eigenvalue weighted by Gasteiger charge is -2.15. The van der Waals surface area contributed by atoms with Crippen molar-refractivity contribution in [3.8, 4) is 0 Å². The van der Waals surface area contributed by atoms with Crippen molar-refractivity contribution >= 4 is 11.1 Å². The highest BCUT2D eigenvalue weighted by Gasteiger charge is 2.02. The summed E-state index contributed by atoms with van der Waals surface area (Å²) in [4.78, 5) is 6.13. The normalized spacial score (nSPS) is 11.4. The summed E-state index contributed by atoms with van der Waals surface area (Å²) in [6, 6.07) is 5.99. The summed E-state index contributed by atoms with van der Waals surface area (Å²) in [7, 11) is 1.99. The molecule has 0 fully saturated rings. The van der Waals surface area contributed by atoms with Gasteiger partial charge in [0, 0.05) is 6.54 Å². The van der Waals surface area contributed by atoms with Gasteiger partial charge < -0.3 is 4.42 Å². The van der Waals surface area contributed by atoms with Crippen LogP contribution in [0.15, 0.2) is 29.0 Å². The molecule has 0 saturated carbocycles. The first kappa shape index (κ1) is 10.1. The minimum absolute atomic E-state index is 0.647. The maximum absolute atomic E-state index is 5.24. The molecule has 0 unspecified atom stereocenters. The summed E-state index contributed by atoms with van der Waals surface area (Å²) in [5.74, 6) is 5.24. The van der Waals surface area contributed by atoms with Crippen LogP contribution in [0.4, 0.5) is 0 Å². The average molecular weight is 206 g/mol. The molecule has 0 amide bonds. The van der Waals surface area contributed by atoms with Gasteiger partial charge in [-0.15, -0.1) is 0 Å². The van der Waals surface area contributed by atoms with Crippen LogP contribution in [0.1, 0.15) is 5.56 Å². The van der Waals surface area contributed by atoms with Gasteiger partial charge in [-0.05, 0) is 24.7 Å². The van der Waals surface area contributed by atoms with Crippen molar-refractivity contribution in [1.82, 2.24) is 15.3 Å². The van der Waals surface area contributed by atoms with Crippen LogP contribution >= 0.6 is 0 Å². The second kappa shape index (κ2) is 4.39. The van der Waals surface area contributed by atoms with E-state index in [0.717, 1.165) is 17.6 Å². The van der Waals surface area contributed by atoms with E-state index in [-0.39, 0.29) is 0 Å². The van der Waals surface area contributed by atoms with Crippen LogP contribution < -0.4 is 11.3 Å². The van der Waals surface area contributed by atoms with Gasteiger partial charge in [0.2, 0.25) is 0 Å². The molecular formula is C10H14N4O. The first-order chi connectivity index (χ1) is 7.29. The summed E-state index contributed by atoms with van der Waals surface area (Å²) < 4.78 is 5.23. The van der Waals surface area contributed by atoms with Crippen molar-refractivity contribution in [2.75, 3.05) is 13.7 Å². The molecule has 0 aliphatic heterocycles. The first-order valence-corrected chi connectivity index (χ1v) is 4.74. The van der Waals surface area contributed by atoms with Gasteiger partial charge in [-0.25, -0.2) is 10.4 Å². The van der Waals surface area contributed by atoms with E-state index in [1.54, 1.807) is 0 Å². The molecule has 0 spiro atoms. The Bertz CT molecular complexity index is 440. The van der Waals surface area contributed by atoms with Gasteiger partial charge in [0.25, 0.3) is 0 Å². The number of hydrogen-bond acceptors (Lipinski definition) is 5. The highest BCUT2D eigenvalue weighted by Crippen LogP contribution is 2.14. The van der Waals surface area contributed by atoms with E-state index in [1.807, 2.05) is 25.2 Å². The van der Waals surface area contributed by atoms with Gasteiger partial charge in [-0.1, -0.05) is 6.07 Å². The zero-order valence-corrected chi connectivity index (χ0v) is 8.60. The Morgan fingerprint density at radius 3 is 3.20 bits per heavy atom. The lowest BCUT2D eigenvalue weighted by atomic mass is 10.2. The maximum atomic E-state index is 5.24. The minimum Gasteiger partial charge on any atom is -0.443 e. The minimum atomic E-state index is 0.647. The Morgan fingerprint density at radius 1 is 1.53 bits per heavy atom. The fraction of sp³-hybridized carbons (Fsp3) is 0.300. The van der Waals surface area contributed by atoms with Gasteiger partial charge in [0.05, 0.1) is 6.67 Å². The number of hydrogen-bond donors (Lipinski definition) is 2. The zero-order valence-electron chi connectivity index (χ0n) is 8.60. The number of oxazole rings is 1. The molecule has 2 aromatic rings. The smallest absolute Gasteiger partial charge is 0.181 e. The van der Waals surface area contributed by atoms with Gasteiger partial charge in [-0.2, -0.15) is 0 Å². The quantitative estimate of drug-likeness (QED) is 0.437. The predicted molar refractivity (Wildman–Crippen MR) is 57.7 cm³/mol. The van der Waals surface area contributed by atoms with Crippen LogP contribution in [0.5, 0.6) is 0 Å². The standard InChI is InChI=1S/C10H14N4O/c1-14(6-13-11)5-8-2-3-9-10(4-8)15-7-12-9/h2-4,7,13H,5-6,11H2,1H3. The molecule has 2 rings (SSSR count). The van der Waals surface area contributed by atoms with Crippen LogP contribution in [0.2, 0.25) is 0 Å². The molecule has 0 radical (unpaired) electrons. The van der Waals surface area contributed by atoms with Crippen molar-refractivity contribution in [3.05, 3.63) is 30.2 Å². The summed E-state index contributed by atoms with van der Waals surface area (Å²) in [5.41, 5.74) is 5.50. The Balaban J connectivity index is 2.14. The van der Waals surface area contributed by atoms with Crippen molar-refractivity contribution in [2.24, 2.45) is 5.84 Å². The fourth-order valence-electron chi connectivity index (χ4n) is 1.52. The molecule has 15 heavy (non-hydrogen) atoms. The van der Waals surface area contributed by atoms with Gasteiger partial charge in [0.15, 0.2) is 12.0 Å². The Hall–Kier alpha value is -1.43. The summed E-state index contributed by atoms with van der Waals surface area (Å²) in [6.07, 6.45) is 1.46. The molecule has 1 aromatic heterocycles. The van der Waals surface area contributed by atoms with E-state index in [1.165, 1.54) is 12.0 Å². The lowest BCUT2D eigenvalue weighted by molar-refractivity contribution is 0.301. The molecule has 5 heteroatoms. The molecular weight excluding hydrogens is 192 g/mol. The maximum Gasteiger partial charge on any atom is 0.181 e. The number of hydrazine groups is 1. The molecule has 1 heterocycles. The highest BCUT2D eigenvalue weighted by molar-refractivity contribution is 5.72. The van der Waals surface area contributed by atoms with E-state index in [9.17, 15) is 0 Å². The molecule has 3 N–H and O–H groups in total. The Kier molecular flexibility index (Phi) is 2.96. The van der Waals surface area contributed by atoms with Crippen molar-refractivity contribution < 1.29 is 4.42 Å². The van der Waals surface area contributed by atoms with Gasteiger partial charge in [0.1, 0.15) is 5.52 Å². The SMILES string of the molecule is CN(CNN)Cc1ccc2ncoc2c1. The van der Waals surface area contributed by atoms with Gasteiger partial charge in [-0.3, -0.25) is 10.7 Å². The molecule has 0 aliphatic rings. The summed E-state index contributed by atoms with van der Waals surface area (Å²) in [6.45, 7) is 1.47. The predicted octanol–water partition coefficient (Wildman–Crippen LogP) is 0.680. The average Bonchev–Trinajstić information content (AvgIpc) is 2.65. The van der Waals surface area contributed by atoms with E-state index in [4.69, 9.17) is 10.3 Å². The van der Waals surface area contributed by atoms with Crippen LogP contribution in [0.25, 0.3) is 11.1 Å². The van der Waals surface area contributed by atoms with Gasteiger partial charge >= 0.3 is 0 Å². The molecule has 5 nitrogen and oxygen atoms in total. The number of rotatable bonds is 4. The summed E-state index contributed by atoms with van der Waals surface area (Å²) >= 11 is 0. The number of aromatic nitrogens is 1. The number of nitrogens with two attached hydrogens (primary N) is 1. The number of benzene rings is 1. The second-order valence-corrected chi connectivity index (χ2v) is 3.53. The monoisotopic (exact) mass is 206 g/mol. The third-order valence-electron chi connectivity index (χ3n) is 2.21. The van der Waals surface area contributed by atoms with Crippen molar-refractivity contribution in [2.45, 2.75) is 6.54 Å². The lowest BCUT2D eigenvalue weighted by Crippen LogP contribution is -2.34. The number of nitrogens with one attached hydrogen (secondary N) is 1. The number of fused-ring (bicyclic) bond motifs is 1. The van der Waals surface area contributed by atoms with Crippen LogP contribution in [0.3, 0.4) is 0 Å². The molecule has 80 valence electrons. The largest absolute Gasteiger partial charge is 0.443 e. The fourth-order valence-corrected chi connectivity index (χ4v) is 1.52. The van der Waals surface area contributed by atoms with E-state index < -0.39 is 0 Å². The van der Waals surface area contributed by atoms with Crippen LogP contribution in [0, 0.1) is 0 Å². The molecule has 0 saturated heterocycles. The first-order valence-electron chi connectivity index (χ1n) is 4.74. The van der Waals surface area contributed by atoms with Crippen LogP contribution in [-0.2, 0) is 6.54 Å². The second-order valence-electron chi connectivity index (χ2n) is 3.53. The van der Waals surface area contributed by atoms with Crippen molar-refractivity contribution in [3.63, 3.8) is 0 Å². The zero-order chi connectivity index (χ0) is 10.7. The Labute approximate surface area is 87.8 Å². The third-order valence-corrected chi connectivity index (χ3v) is 2.21. The number of nitrogens with zero attached hydrogens (tertiary/aromatic N) is 2. The third kappa shape index (κ3) is 2.33. The molecule has 0 bridgehead atoms. The summed E-state index contributed by atoms with van der Waals surface area (Å²) in [5, 5.41) is 0. The molecule has 0 atom stereocenters. The van der Waals surface area contributed by atoms with Crippen molar-refractivity contribution in [1.29, 1.82) is 0 Å². The molecule has 1 aromatic carbocycles. The van der Waals surface area contributed by atoms with E-state index in [0.29, 0.717) is 6.67 Å². The van der Waals surface area contributed by atoms with E-state index >= 15 is 0 Å².